The van der Waals surface area contributed by atoms with Crippen molar-refractivity contribution in [2.24, 2.45) is 0 Å². The summed E-state index contributed by atoms with van der Waals surface area (Å²) in [6, 6.07) is 36.1. The van der Waals surface area contributed by atoms with E-state index in [0.29, 0.717) is 0 Å². The van der Waals surface area contributed by atoms with Gasteiger partial charge in [0, 0.05) is 37.2 Å². The van der Waals surface area contributed by atoms with Gasteiger partial charge >= 0.3 is 0 Å². The monoisotopic (exact) mass is 719 g/mol. The first-order valence-corrected chi connectivity index (χ1v) is 17.5. The molecule has 2 nitrogen and oxygen atoms in total. The van der Waals surface area contributed by atoms with Gasteiger partial charge in [-0.2, -0.15) is 11.3 Å². The molecular weight excluding hydrogens is 689 g/mol. The van der Waals surface area contributed by atoms with Crippen LogP contribution in [0.25, 0.3) is 42.7 Å². The van der Waals surface area contributed by atoms with Crippen molar-refractivity contribution < 1.29 is 20.1 Å². The minimum Gasteiger partial charge on any atom is -0.305 e. The molecule has 1 aliphatic carbocycles. The minimum atomic E-state index is -1.30. The van der Waals surface area contributed by atoms with Gasteiger partial charge in [-0.05, 0) is 58.4 Å². The molecule has 3 heterocycles. The van der Waals surface area contributed by atoms with E-state index in [4.69, 9.17) is 0 Å². The second-order valence-electron chi connectivity index (χ2n) is 10.9. The molecule has 0 amide bonds. The van der Waals surface area contributed by atoms with Crippen LogP contribution >= 0.6 is 11.3 Å². The van der Waals surface area contributed by atoms with E-state index in [1.54, 1.807) is 6.20 Å². The summed E-state index contributed by atoms with van der Waals surface area (Å²) < 4.78 is 2.70. The minimum absolute atomic E-state index is 0. The van der Waals surface area contributed by atoms with Gasteiger partial charge in [0.1, 0.15) is 0 Å². The molecule has 1 aliphatic rings. The summed E-state index contributed by atoms with van der Waals surface area (Å²) in [5, 5.41) is 4.22. The fourth-order valence-electron chi connectivity index (χ4n) is 4.73. The van der Waals surface area contributed by atoms with Gasteiger partial charge in [-0.3, -0.25) is 0 Å². The van der Waals surface area contributed by atoms with Gasteiger partial charge in [-0.25, -0.2) is 0 Å². The van der Waals surface area contributed by atoms with Gasteiger partial charge in [0.15, 0.2) is 0 Å². The van der Waals surface area contributed by atoms with E-state index in [0.717, 1.165) is 28.4 Å². The molecule has 1 radical (unpaired) electrons. The second kappa shape index (κ2) is 11.7. The molecular formula is C34H30IrN2SSi-2. The summed E-state index contributed by atoms with van der Waals surface area (Å²) in [5.41, 5.74) is 5.66. The zero-order valence-corrected chi connectivity index (χ0v) is 26.6. The van der Waals surface area contributed by atoms with Crippen molar-refractivity contribution in [1.82, 2.24) is 9.97 Å². The third kappa shape index (κ3) is 6.13. The van der Waals surface area contributed by atoms with Gasteiger partial charge in [0.2, 0.25) is 0 Å². The Morgan fingerprint density at radius 1 is 0.769 bits per heavy atom. The Labute approximate surface area is 249 Å². The van der Waals surface area contributed by atoms with Crippen molar-refractivity contribution in [1.29, 1.82) is 0 Å². The Morgan fingerprint density at radius 2 is 1.59 bits per heavy atom. The normalized spacial score (nSPS) is 13.0. The first kappa shape index (κ1) is 27.6. The third-order valence-corrected chi connectivity index (χ3v) is 10.3. The van der Waals surface area contributed by atoms with Gasteiger partial charge in [-0.1, -0.05) is 66.1 Å². The quantitative estimate of drug-likeness (QED) is 0.135. The molecule has 197 valence electrons. The van der Waals surface area contributed by atoms with E-state index >= 15 is 0 Å². The van der Waals surface area contributed by atoms with E-state index in [9.17, 15) is 0 Å². The van der Waals surface area contributed by atoms with Crippen LogP contribution in [0.2, 0.25) is 19.6 Å². The van der Waals surface area contributed by atoms with E-state index in [2.05, 4.69) is 84.2 Å². The van der Waals surface area contributed by atoms with Gasteiger partial charge in [-0.15, -0.1) is 59.7 Å². The predicted octanol–water partition coefficient (Wildman–Crippen LogP) is 8.89. The van der Waals surface area contributed by atoms with Crippen LogP contribution in [0.1, 0.15) is 24.3 Å². The fraction of sp³-hybridized carbons (Fsp3) is 0.176. The van der Waals surface area contributed by atoms with Gasteiger partial charge in [0.25, 0.3) is 0 Å². The van der Waals surface area contributed by atoms with Crippen molar-refractivity contribution in [2.75, 3.05) is 0 Å². The zero-order chi connectivity index (χ0) is 26.1. The van der Waals surface area contributed by atoms with Crippen LogP contribution in [0.5, 0.6) is 0 Å². The molecule has 0 spiro atoms. The zero-order valence-electron chi connectivity index (χ0n) is 22.4. The van der Waals surface area contributed by atoms with E-state index in [1.807, 2.05) is 60.0 Å². The molecule has 3 aromatic carbocycles. The molecule has 0 unspecified atom stereocenters. The number of benzene rings is 3. The molecule has 0 N–H and O–H groups in total. The Hall–Kier alpha value is -2.95. The summed E-state index contributed by atoms with van der Waals surface area (Å²) in [6.07, 6.45) is 6.39. The number of thiophene rings is 1. The Kier molecular flexibility index (Phi) is 8.25. The number of fused-ring (bicyclic) bond motifs is 3. The molecule has 0 aliphatic heterocycles. The standard InChI is InChI=1S/C23H22NSSi.C11H8N.Ir/c1-26(2,3)17-9-10-18-19-5-4-6-20(23(19)25-22(18)14-17)21-13-16(11-12-24-21)15-7-8-15;1-2-6-10(7-3-1)11-8-4-5-9-12-11;/h4-5,9-15H,7-8H2,1-3H3;1-6,8-9H;/q2*-1;. The predicted molar refractivity (Wildman–Crippen MR) is 165 cm³/mol. The van der Waals surface area contributed by atoms with Crippen LogP contribution < -0.4 is 5.19 Å². The Bertz CT molecular complexity index is 1670. The molecule has 0 bridgehead atoms. The van der Waals surface area contributed by atoms with Crippen molar-refractivity contribution in [3.05, 3.63) is 115 Å². The molecule has 1 fully saturated rings. The molecule has 1 saturated carbocycles. The van der Waals surface area contributed by atoms with E-state index in [-0.39, 0.29) is 20.1 Å². The second-order valence-corrected chi connectivity index (χ2v) is 17.0. The summed E-state index contributed by atoms with van der Waals surface area (Å²) >= 11 is 1.89. The van der Waals surface area contributed by atoms with Crippen molar-refractivity contribution in [3.8, 4) is 22.5 Å². The smallest absolute Gasteiger partial charge is 0.0776 e. The number of rotatable bonds is 4. The van der Waals surface area contributed by atoms with Gasteiger partial charge in [0.05, 0.1) is 8.07 Å². The van der Waals surface area contributed by atoms with Crippen LogP contribution in [-0.2, 0) is 20.1 Å². The number of aromatic nitrogens is 2. The molecule has 3 aromatic heterocycles. The van der Waals surface area contributed by atoms with Crippen LogP contribution in [0.4, 0.5) is 0 Å². The first-order chi connectivity index (χ1) is 18.5. The van der Waals surface area contributed by atoms with Gasteiger partial charge < -0.3 is 9.97 Å². The number of hydrogen-bond donors (Lipinski definition) is 0. The maximum absolute atomic E-state index is 4.68. The molecule has 0 atom stereocenters. The maximum Gasteiger partial charge on any atom is 0.0776 e. The summed E-state index contributed by atoms with van der Waals surface area (Å²) in [7, 11) is -1.30. The molecule has 6 aromatic rings. The number of nitrogens with zero attached hydrogens (tertiary/aromatic N) is 2. The van der Waals surface area contributed by atoms with Crippen molar-refractivity contribution in [2.45, 2.75) is 38.4 Å². The number of pyridine rings is 2. The average Bonchev–Trinajstić information content (AvgIpc) is 3.74. The van der Waals surface area contributed by atoms with Crippen molar-refractivity contribution >= 4 is 44.8 Å². The fourth-order valence-corrected chi connectivity index (χ4v) is 7.24. The van der Waals surface area contributed by atoms with E-state index in [1.165, 1.54) is 43.8 Å². The van der Waals surface area contributed by atoms with Crippen LogP contribution in [0.3, 0.4) is 0 Å². The topological polar surface area (TPSA) is 25.8 Å². The summed E-state index contributed by atoms with van der Waals surface area (Å²) in [4.78, 5) is 8.90. The molecule has 39 heavy (non-hydrogen) atoms. The van der Waals surface area contributed by atoms with Crippen LogP contribution in [0.15, 0.2) is 97.3 Å². The average molecular weight is 719 g/mol. The first-order valence-electron chi connectivity index (χ1n) is 13.2. The summed E-state index contributed by atoms with van der Waals surface area (Å²) in [5.74, 6) is 0.748. The van der Waals surface area contributed by atoms with Crippen LogP contribution in [-0.4, -0.2) is 18.0 Å². The van der Waals surface area contributed by atoms with Crippen LogP contribution in [0, 0.1) is 12.1 Å². The summed E-state index contributed by atoms with van der Waals surface area (Å²) in [6.45, 7) is 7.23. The number of hydrogen-bond acceptors (Lipinski definition) is 3. The maximum atomic E-state index is 4.68. The molecule has 0 saturated heterocycles. The van der Waals surface area contributed by atoms with E-state index < -0.39 is 8.07 Å². The largest absolute Gasteiger partial charge is 0.305 e. The third-order valence-electron chi connectivity index (χ3n) is 7.04. The Morgan fingerprint density at radius 3 is 2.31 bits per heavy atom. The SMILES string of the molecule is C[Si](C)(C)c1ccc2c(c1)sc1c(-c3cc(C4CC4)ccn3)[c-]ccc12.[Ir].[c-]1ccccc1-c1ccccn1. The Balaban J connectivity index is 0.000000200. The molecule has 7 rings (SSSR count). The van der Waals surface area contributed by atoms with Crippen molar-refractivity contribution in [3.63, 3.8) is 0 Å². The molecule has 5 heteroatoms.